The zero-order valence-corrected chi connectivity index (χ0v) is 15.7. The number of pyridine rings is 1. The molecule has 28 heavy (non-hydrogen) atoms. The van der Waals surface area contributed by atoms with E-state index in [9.17, 15) is 13.6 Å². The van der Waals surface area contributed by atoms with E-state index in [1.807, 2.05) is 0 Å². The Balaban J connectivity index is 2.01. The molecule has 2 aromatic carbocycles. The van der Waals surface area contributed by atoms with Gasteiger partial charge in [-0.3, -0.25) is 0 Å². The van der Waals surface area contributed by atoms with Gasteiger partial charge < -0.3 is 9.47 Å². The largest absolute Gasteiger partial charge is 0.482 e. The fourth-order valence-electron chi connectivity index (χ4n) is 2.51. The molecule has 0 atom stereocenters. The minimum absolute atomic E-state index is 0.00257. The van der Waals surface area contributed by atoms with Crippen molar-refractivity contribution in [3.8, 4) is 28.3 Å². The van der Waals surface area contributed by atoms with Crippen LogP contribution in [-0.2, 0) is 9.53 Å². The monoisotopic (exact) mass is 403 g/mol. The van der Waals surface area contributed by atoms with Crippen LogP contribution in [0.1, 0.15) is 6.92 Å². The number of carbonyl (C=O) groups excluding carboxylic acids is 1. The highest BCUT2D eigenvalue weighted by Crippen LogP contribution is 2.30. The van der Waals surface area contributed by atoms with Crippen LogP contribution in [0.4, 0.5) is 8.78 Å². The van der Waals surface area contributed by atoms with Crippen LogP contribution in [0, 0.1) is 11.6 Å². The second-order valence-corrected chi connectivity index (χ2v) is 6.21. The lowest BCUT2D eigenvalue weighted by Crippen LogP contribution is -2.14. The molecule has 1 heterocycles. The quantitative estimate of drug-likeness (QED) is 0.525. The van der Waals surface area contributed by atoms with Gasteiger partial charge in [-0.1, -0.05) is 17.7 Å². The van der Waals surface area contributed by atoms with Crippen LogP contribution in [0.2, 0.25) is 5.02 Å². The number of carbonyl (C=O) groups is 1. The van der Waals surface area contributed by atoms with Crippen molar-refractivity contribution < 1.29 is 23.0 Å². The molecule has 0 radical (unpaired) electrons. The summed E-state index contributed by atoms with van der Waals surface area (Å²) in [5, 5.41) is -0.00257. The first-order valence-corrected chi connectivity index (χ1v) is 8.86. The highest BCUT2D eigenvalue weighted by molar-refractivity contribution is 6.30. The van der Waals surface area contributed by atoms with Crippen molar-refractivity contribution in [3.05, 3.63) is 71.3 Å². The third-order valence-electron chi connectivity index (χ3n) is 3.82. The van der Waals surface area contributed by atoms with Crippen LogP contribution in [0.25, 0.3) is 22.5 Å². The molecule has 3 rings (SSSR count). The summed E-state index contributed by atoms with van der Waals surface area (Å²) in [7, 11) is 0. The van der Waals surface area contributed by atoms with Crippen LogP contribution >= 0.6 is 11.6 Å². The summed E-state index contributed by atoms with van der Waals surface area (Å²) in [5.41, 5.74) is 2.01. The van der Waals surface area contributed by atoms with E-state index >= 15 is 0 Å². The summed E-state index contributed by atoms with van der Waals surface area (Å²) in [6, 6.07) is 13.3. The summed E-state index contributed by atoms with van der Waals surface area (Å²) in [6.45, 7) is 1.66. The molecule has 0 spiro atoms. The first-order valence-electron chi connectivity index (χ1n) is 8.48. The number of halogens is 3. The Hall–Kier alpha value is -2.99. The van der Waals surface area contributed by atoms with Crippen LogP contribution in [0.15, 0.2) is 54.6 Å². The minimum atomic E-state index is -0.581. The number of aromatic nitrogens is 1. The second-order valence-electron chi connectivity index (χ2n) is 5.80. The molecule has 0 bridgehead atoms. The smallest absolute Gasteiger partial charge is 0.344 e. The molecule has 0 aliphatic heterocycles. The van der Waals surface area contributed by atoms with Crippen molar-refractivity contribution in [3.63, 3.8) is 0 Å². The molecular weight excluding hydrogens is 388 g/mol. The van der Waals surface area contributed by atoms with E-state index in [-0.39, 0.29) is 24.1 Å². The second kappa shape index (κ2) is 8.80. The van der Waals surface area contributed by atoms with Crippen molar-refractivity contribution in [2.24, 2.45) is 0 Å². The fourth-order valence-corrected chi connectivity index (χ4v) is 2.62. The Labute approximate surface area is 165 Å². The Morgan fingerprint density at radius 1 is 1.00 bits per heavy atom. The normalized spacial score (nSPS) is 10.6. The molecule has 0 N–H and O–H groups in total. The third-order valence-corrected chi connectivity index (χ3v) is 4.12. The van der Waals surface area contributed by atoms with Crippen molar-refractivity contribution in [2.75, 3.05) is 13.2 Å². The zero-order valence-electron chi connectivity index (χ0n) is 14.9. The molecule has 0 aliphatic rings. The van der Waals surface area contributed by atoms with E-state index < -0.39 is 11.8 Å². The molecule has 7 heteroatoms. The highest BCUT2D eigenvalue weighted by atomic mass is 35.5. The molecular formula is C21H16ClF2NO3. The summed E-state index contributed by atoms with van der Waals surface area (Å²) < 4.78 is 37.5. The van der Waals surface area contributed by atoms with Crippen molar-refractivity contribution in [1.82, 2.24) is 4.98 Å². The number of nitrogens with zero attached hydrogens (tertiary/aromatic N) is 1. The molecule has 144 valence electrons. The molecule has 0 aliphatic carbocycles. The number of esters is 1. The van der Waals surface area contributed by atoms with Crippen LogP contribution in [0.3, 0.4) is 0 Å². The summed E-state index contributed by atoms with van der Waals surface area (Å²) >= 11 is 5.75. The molecule has 0 unspecified atom stereocenters. The number of rotatable bonds is 6. The lowest BCUT2D eigenvalue weighted by atomic mass is 10.1. The summed E-state index contributed by atoms with van der Waals surface area (Å²) in [6.07, 6.45) is 0. The van der Waals surface area contributed by atoms with Crippen molar-refractivity contribution >= 4 is 17.6 Å². The van der Waals surface area contributed by atoms with E-state index in [0.29, 0.717) is 28.3 Å². The van der Waals surface area contributed by atoms with E-state index in [2.05, 4.69) is 4.98 Å². The van der Waals surface area contributed by atoms with Crippen molar-refractivity contribution in [2.45, 2.75) is 6.92 Å². The zero-order chi connectivity index (χ0) is 20.1. The van der Waals surface area contributed by atoms with Gasteiger partial charge in [-0.25, -0.2) is 18.6 Å². The topological polar surface area (TPSA) is 48.4 Å². The number of hydrogen-bond donors (Lipinski definition) is 0. The standard InChI is InChI=1S/C21H16ClF2NO3/c1-2-27-21(26)12-28-16-10-19(13-3-6-15(23)7-4-13)25-20(11-16)14-5-8-17(22)18(24)9-14/h3-11H,2,12H2,1H3. The molecule has 1 aromatic heterocycles. The Bertz CT molecular complexity index is 993. The van der Waals surface area contributed by atoms with Gasteiger partial charge in [0.25, 0.3) is 0 Å². The van der Waals surface area contributed by atoms with Crippen LogP contribution in [-0.4, -0.2) is 24.2 Å². The predicted octanol–water partition coefficient (Wildman–Crippen LogP) is 5.29. The number of benzene rings is 2. The Morgan fingerprint density at radius 2 is 1.64 bits per heavy atom. The minimum Gasteiger partial charge on any atom is -0.482 e. The third kappa shape index (κ3) is 4.84. The van der Waals surface area contributed by atoms with E-state index in [0.717, 1.165) is 0 Å². The predicted molar refractivity (Wildman–Crippen MR) is 102 cm³/mol. The first-order chi connectivity index (χ1) is 13.5. The van der Waals surface area contributed by atoms with E-state index in [1.54, 1.807) is 37.3 Å². The van der Waals surface area contributed by atoms with Gasteiger partial charge in [0.1, 0.15) is 17.4 Å². The Kier molecular flexibility index (Phi) is 6.21. The average Bonchev–Trinajstić information content (AvgIpc) is 2.69. The molecule has 0 saturated heterocycles. The maximum Gasteiger partial charge on any atom is 0.344 e. The molecule has 0 saturated carbocycles. The first kappa shape index (κ1) is 19.8. The maximum atomic E-state index is 13.9. The number of hydrogen-bond acceptors (Lipinski definition) is 4. The van der Waals surface area contributed by atoms with Crippen molar-refractivity contribution in [1.29, 1.82) is 0 Å². The number of ether oxygens (including phenoxy) is 2. The molecule has 0 fully saturated rings. The van der Waals surface area contributed by atoms with Gasteiger partial charge in [-0.2, -0.15) is 0 Å². The van der Waals surface area contributed by atoms with Gasteiger partial charge in [0.2, 0.25) is 0 Å². The summed E-state index contributed by atoms with van der Waals surface area (Å²) in [4.78, 5) is 16.1. The van der Waals surface area contributed by atoms with Gasteiger partial charge in [0, 0.05) is 23.3 Å². The van der Waals surface area contributed by atoms with Crippen LogP contribution in [0.5, 0.6) is 5.75 Å². The fraction of sp³-hybridized carbons (Fsp3) is 0.143. The summed E-state index contributed by atoms with van der Waals surface area (Å²) in [5.74, 6) is -1.13. The van der Waals surface area contributed by atoms with Gasteiger partial charge in [0.15, 0.2) is 6.61 Å². The highest BCUT2D eigenvalue weighted by Gasteiger charge is 2.12. The lowest BCUT2D eigenvalue weighted by Gasteiger charge is -2.11. The van der Waals surface area contributed by atoms with E-state index in [1.165, 1.54) is 24.3 Å². The van der Waals surface area contributed by atoms with Gasteiger partial charge >= 0.3 is 5.97 Å². The SMILES string of the molecule is CCOC(=O)COc1cc(-c2ccc(F)cc2)nc(-c2ccc(Cl)c(F)c2)c1. The molecule has 4 nitrogen and oxygen atoms in total. The lowest BCUT2D eigenvalue weighted by molar-refractivity contribution is -0.145. The van der Waals surface area contributed by atoms with Gasteiger partial charge in [0.05, 0.1) is 23.0 Å². The van der Waals surface area contributed by atoms with Gasteiger partial charge in [-0.05, 0) is 43.3 Å². The average molecular weight is 404 g/mol. The van der Waals surface area contributed by atoms with E-state index in [4.69, 9.17) is 21.1 Å². The molecule has 3 aromatic rings. The molecule has 0 amide bonds. The maximum absolute atomic E-state index is 13.9. The van der Waals surface area contributed by atoms with Crippen LogP contribution < -0.4 is 4.74 Å². The van der Waals surface area contributed by atoms with Gasteiger partial charge in [-0.15, -0.1) is 0 Å². The Morgan fingerprint density at radius 3 is 2.29 bits per heavy atom.